The van der Waals surface area contributed by atoms with Crippen molar-refractivity contribution in [2.45, 2.75) is 37.1 Å². The van der Waals surface area contributed by atoms with Gasteiger partial charge in [0.15, 0.2) is 0 Å². The fourth-order valence-corrected chi connectivity index (χ4v) is 1.71. The van der Waals surface area contributed by atoms with Crippen LogP contribution in [0.4, 0.5) is 0 Å². The average Bonchev–Trinajstić information content (AvgIpc) is 2.61. The van der Waals surface area contributed by atoms with Gasteiger partial charge in [-0.1, -0.05) is 25.6 Å². The van der Waals surface area contributed by atoms with E-state index in [1.807, 2.05) is 13.8 Å². The molecule has 0 unspecified atom stereocenters. The summed E-state index contributed by atoms with van der Waals surface area (Å²) >= 11 is 1.18. The van der Waals surface area contributed by atoms with Crippen molar-refractivity contribution in [3.8, 4) is 0 Å². The highest BCUT2D eigenvalue weighted by Crippen LogP contribution is 2.21. The van der Waals surface area contributed by atoms with Gasteiger partial charge in [-0.2, -0.15) is 0 Å². The Morgan fingerprint density at radius 1 is 1.64 bits per heavy atom. The first kappa shape index (κ1) is 11.0. The molecule has 2 N–H and O–H groups in total. The van der Waals surface area contributed by atoms with Gasteiger partial charge in [-0.15, -0.1) is 5.10 Å². The van der Waals surface area contributed by atoms with Crippen molar-refractivity contribution in [1.29, 1.82) is 0 Å². The molecule has 0 aliphatic heterocycles. The summed E-state index contributed by atoms with van der Waals surface area (Å²) in [5.74, 6) is -0.0342. The summed E-state index contributed by atoms with van der Waals surface area (Å²) in [7, 11) is 0. The number of aliphatic carboxylic acids is 1. The Balaban J connectivity index is 2.62. The van der Waals surface area contributed by atoms with Crippen molar-refractivity contribution in [2.75, 3.05) is 0 Å². The highest BCUT2D eigenvalue weighted by molar-refractivity contribution is 8.00. The van der Waals surface area contributed by atoms with Gasteiger partial charge < -0.3 is 5.11 Å². The Kier molecular flexibility index (Phi) is 3.94. The van der Waals surface area contributed by atoms with Crippen molar-refractivity contribution in [3.05, 3.63) is 5.82 Å². The van der Waals surface area contributed by atoms with Crippen LogP contribution in [0.3, 0.4) is 0 Å². The Hall–Kier alpha value is -1.04. The van der Waals surface area contributed by atoms with Crippen LogP contribution >= 0.6 is 11.8 Å². The van der Waals surface area contributed by atoms with Crippen LogP contribution in [-0.4, -0.2) is 31.5 Å². The lowest BCUT2D eigenvalue weighted by Gasteiger charge is -2.04. The lowest BCUT2D eigenvalue weighted by atomic mass is 10.3. The highest BCUT2D eigenvalue weighted by Gasteiger charge is 2.18. The minimum Gasteiger partial charge on any atom is -0.480 e. The number of thioether (sulfide) groups is 1. The molecule has 1 aromatic heterocycles. The molecule has 1 aromatic rings. The van der Waals surface area contributed by atoms with Crippen LogP contribution in [0.1, 0.15) is 26.1 Å². The number of aryl methyl sites for hydroxylation is 1. The maximum atomic E-state index is 10.7. The first-order chi connectivity index (χ1) is 6.67. The molecule has 0 saturated carbocycles. The maximum Gasteiger partial charge on any atom is 0.317 e. The van der Waals surface area contributed by atoms with Crippen LogP contribution in [0.2, 0.25) is 0 Å². The summed E-state index contributed by atoms with van der Waals surface area (Å²) < 4.78 is 0. The maximum absolute atomic E-state index is 10.7. The predicted octanol–water partition coefficient (Wildman–Crippen LogP) is 1.32. The van der Waals surface area contributed by atoms with Crippen LogP contribution in [0, 0.1) is 0 Å². The molecule has 78 valence electrons. The third kappa shape index (κ3) is 2.73. The van der Waals surface area contributed by atoms with Crippen LogP contribution in [-0.2, 0) is 11.2 Å². The molecule has 0 bridgehead atoms. The van der Waals surface area contributed by atoms with Gasteiger partial charge in [-0.3, -0.25) is 9.89 Å². The third-order valence-corrected chi connectivity index (χ3v) is 2.95. The predicted molar refractivity (Wildman–Crippen MR) is 53.3 cm³/mol. The molecule has 5 nitrogen and oxygen atoms in total. The van der Waals surface area contributed by atoms with Gasteiger partial charge in [0.1, 0.15) is 11.1 Å². The van der Waals surface area contributed by atoms with Gasteiger partial charge in [-0.25, -0.2) is 4.98 Å². The molecule has 0 radical (unpaired) electrons. The second kappa shape index (κ2) is 4.99. The quantitative estimate of drug-likeness (QED) is 0.724. The topological polar surface area (TPSA) is 78.9 Å². The van der Waals surface area contributed by atoms with E-state index >= 15 is 0 Å². The van der Waals surface area contributed by atoms with E-state index in [4.69, 9.17) is 5.11 Å². The molecule has 14 heavy (non-hydrogen) atoms. The van der Waals surface area contributed by atoms with Crippen LogP contribution < -0.4 is 0 Å². The molecule has 1 heterocycles. The summed E-state index contributed by atoms with van der Waals surface area (Å²) in [6, 6.07) is 0. The molecule has 0 fully saturated rings. The summed E-state index contributed by atoms with van der Waals surface area (Å²) in [5.41, 5.74) is 0. The molecular weight excluding hydrogens is 202 g/mol. The largest absolute Gasteiger partial charge is 0.480 e. The molecule has 0 aliphatic rings. The number of carboxylic acids is 1. The number of nitrogens with one attached hydrogen (secondary N) is 1. The zero-order valence-electron chi connectivity index (χ0n) is 8.15. The van der Waals surface area contributed by atoms with Crippen LogP contribution in [0.15, 0.2) is 5.16 Å². The van der Waals surface area contributed by atoms with Gasteiger partial charge in [0.2, 0.25) is 5.16 Å². The monoisotopic (exact) mass is 215 g/mol. The van der Waals surface area contributed by atoms with E-state index in [0.29, 0.717) is 11.6 Å². The number of hydrogen-bond acceptors (Lipinski definition) is 4. The van der Waals surface area contributed by atoms with Crippen LogP contribution in [0.5, 0.6) is 0 Å². The fraction of sp³-hybridized carbons (Fsp3) is 0.625. The number of nitrogens with zero attached hydrogens (tertiary/aromatic N) is 2. The van der Waals surface area contributed by atoms with Gasteiger partial charge >= 0.3 is 5.97 Å². The number of H-pyrrole nitrogens is 1. The van der Waals surface area contributed by atoms with Crippen molar-refractivity contribution in [1.82, 2.24) is 15.2 Å². The van der Waals surface area contributed by atoms with E-state index in [1.54, 1.807) is 0 Å². The zero-order valence-corrected chi connectivity index (χ0v) is 8.97. The third-order valence-electron chi connectivity index (χ3n) is 1.74. The van der Waals surface area contributed by atoms with Gasteiger partial charge in [0, 0.05) is 6.42 Å². The van der Waals surface area contributed by atoms with Crippen molar-refractivity contribution in [3.63, 3.8) is 0 Å². The van der Waals surface area contributed by atoms with Gasteiger partial charge in [0.05, 0.1) is 0 Å². The first-order valence-electron chi connectivity index (χ1n) is 4.48. The molecule has 0 aromatic carbocycles. The first-order valence-corrected chi connectivity index (χ1v) is 5.36. The summed E-state index contributed by atoms with van der Waals surface area (Å²) in [6.07, 6.45) is 1.34. The molecule has 0 amide bonds. The Bertz CT molecular complexity index is 313. The molecule has 0 saturated heterocycles. The van der Waals surface area contributed by atoms with E-state index in [0.717, 1.165) is 12.2 Å². The Labute approximate surface area is 86.3 Å². The summed E-state index contributed by atoms with van der Waals surface area (Å²) in [4.78, 5) is 14.9. The number of carbonyl (C=O) groups is 1. The standard InChI is InChI=1S/C8H13N3O2S/c1-3-5(7(12)13)14-8-9-6(4-2)10-11-8/h5H,3-4H2,1-2H3,(H,12,13)(H,9,10,11)/t5-/m0/s1. The van der Waals surface area contributed by atoms with E-state index in [9.17, 15) is 4.79 Å². The lowest BCUT2D eigenvalue weighted by Crippen LogP contribution is -2.14. The second-order valence-corrected chi connectivity index (χ2v) is 3.94. The molecule has 1 atom stereocenters. The van der Waals surface area contributed by atoms with Gasteiger partial charge in [0.25, 0.3) is 0 Å². The van der Waals surface area contributed by atoms with Gasteiger partial charge in [-0.05, 0) is 6.42 Å². The van der Waals surface area contributed by atoms with Crippen molar-refractivity contribution < 1.29 is 9.90 Å². The van der Waals surface area contributed by atoms with Crippen molar-refractivity contribution in [2.24, 2.45) is 0 Å². The Morgan fingerprint density at radius 2 is 2.36 bits per heavy atom. The lowest BCUT2D eigenvalue weighted by molar-refractivity contribution is -0.136. The fourth-order valence-electron chi connectivity index (χ4n) is 0.924. The molecule has 6 heteroatoms. The van der Waals surface area contributed by atoms with E-state index < -0.39 is 11.2 Å². The van der Waals surface area contributed by atoms with E-state index in [1.165, 1.54) is 11.8 Å². The van der Waals surface area contributed by atoms with E-state index in [2.05, 4.69) is 15.2 Å². The summed E-state index contributed by atoms with van der Waals surface area (Å²) in [5, 5.41) is 15.5. The number of hydrogen-bond donors (Lipinski definition) is 2. The van der Waals surface area contributed by atoms with Crippen molar-refractivity contribution >= 4 is 17.7 Å². The summed E-state index contributed by atoms with van der Waals surface area (Å²) in [6.45, 7) is 3.79. The molecule has 0 spiro atoms. The number of aromatic amines is 1. The SMILES string of the molecule is CCc1nc(S[C@@H](CC)C(=O)O)n[nH]1. The second-order valence-electron chi connectivity index (χ2n) is 2.77. The average molecular weight is 215 g/mol. The zero-order chi connectivity index (χ0) is 10.6. The number of carboxylic acid groups (broad SMARTS) is 1. The molecular formula is C8H13N3O2S. The number of rotatable bonds is 5. The number of aromatic nitrogens is 3. The van der Waals surface area contributed by atoms with Crippen LogP contribution in [0.25, 0.3) is 0 Å². The highest BCUT2D eigenvalue weighted by atomic mass is 32.2. The smallest absolute Gasteiger partial charge is 0.317 e. The normalized spacial score (nSPS) is 12.7. The van der Waals surface area contributed by atoms with E-state index in [-0.39, 0.29) is 0 Å². The minimum absolute atomic E-state index is 0.462. The minimum atomic E-state index is -0.819. The molecule has 1 rings (SSSR count). The molecule has 0 aliphatic carbocycles. The Morgan fingerprint density at radius 3 is 2.79 bits per heavy atom.